The number of amides is 1. The minimum atomic E-state index is -1.26. The molecule has 0 radical (unpaired) electrons. The van der Waals surface area contributed by atoms with E-state index in [0.29, 0.717) is 0 Å². The first-order valence-corrected chi connectivity index (χ1v) is 5.80. The lowest BCUT2D eigenvalue weighted by Gasteiger charge is -2.16. The van der Waals surface area contributed by atoms with Gasteiger partial charge in [0, 0.05) is 12.1 Å². The third kappa shape index (κ3) is 4.57. The first kappa shape index (κ1) is 14.9. The van der Waals surface area contributed by atoms with Gasteiger partial charge >= 0.3 is 5.97 Å². The molecule has 0 aliphatic carbocycles. The zero-order valence-corrected chi connectivity index (χ0v) is 10.9. The molecule has 0 spiro atoms. The van der Waals surface area contributed by atoms with E-state index in [4.69, 9.17) is 9.84 Å². The molecule has 0 saturated carbocycles. The lowest BCUT2D eigenvalue weighted by atomic mass is 10.2. The van der Waals surface area contributed by atoms with Crippen LogP contribution >= 0.6 is 0 Å². The van der Waals surface area contributed by atoms with Crippen molar-refractivity contribution in [2.45, 2.75) is 32.9 Å². The van der Waals surface area contributed by atoms with Gasteiger partial charge in [0.2, 0.25) is 0 Å². The molecule has 0 heterocycles. The molecule has 2 N–H and O–H groups in total. The largest absolute Gasteiger partial charge is 0.481 e. The van der Waals surface area contributed by atoms with E-state index in [2.05, 4.69) is 5.32 Å². The van der Waals surface area contributed by atoms with Crippen LogP contribution in [0.2, 0.25) is 0 Å². The molecule has 0 aromatic heterocycles. The van der Waals surface area contributed by atoms with Crippen LogP contribution in [0.5, 0.6) is 5.75 Å². The van der Waals surface area contributed by atoms with E-state index in [1.807, 2.05) is 0 Å². The molecule has 1 atom stereocenters. The van der Waals surface area contributed by atoms with E-state index in [-0.39, 0.29) is 23.3 Å². The highest BCUT2D eigenvalue weighted by molar-refractivity contribution is 5.88. The van der Waals surface area contributed by atoms with E-state index >= 15 is 0 Å². The number of carbonyl (C=O) groups is 2. The Morgan fingerprint density at radius 2 is 1.89 bits per heavy atom. The SMILES string of the molecule is CC(C)NC(=O)C(C)Oc1cc(F)cc(C(=O)O)c1. The number of benzene rings is 1. The van der Waals surface area contributed by atoms with E-state index in [1.54, 1.807) is 13.8 Å². The fourth-order valence-corrected chi connectivity index (χ4v) is 1.41. The number of carboxylic acids is 1. The van der Waals surface area contributed by atoms with Crippen LogP contribution < -0.4 is 10.1 Å². The predicted molar refractivity (Wildman–Crippen MR) is 66.7 cm³/mol. The van der Waals surface area contributed by atoms with E-state index in [0.717, 1.165) is 12.1 Å². The Balaban J connectivity index is 2.81. The van der Waals surface area contributed by atoms with Crippen molar-refractivity contribution in [3.63, 3.8) is 0 Å². The maximum atomic E-state index is 13.2. The molecule has 1 rings (SSSR count). The molecule has 0 fully saturated rings. The molecule has 1 amide bonds. The fraction of sp³-hybridized carbons (Fsp3) is 0.385. The van der Waals surface area contributed by atoms with Crippen molar-refractivity contribution >= 4 is 11.9 Å². The summed E-state index contributed by atoms with van der Waals surface area (Å²) in [5.74, 6) is -2.34. The van der Waals surface area contributed by atoms with Crippen molar-refractivity contribution in [2.75, 3.05) is 0 Å². The van der Waals surface area contributed by atoms with Gasteiger partial charge in [0.05, 0.1) is 5.56 Å². The van der Waals surface area contributed by atoms with E-state index < -0.39 is 17.9 Å². The Bertz CT molecular complexity index is 488. The van der Waals surface area contributed by atoms with Crippen molar-refractivity contribution in [1.82, 2.24) is 5.32 Å². The zero-order valence-electron chi connectivity index (χ0n) is 10.9. The van der Waals surface area contributed by atoms with Crippen LogP contribution in [0.3, 0.4) is 0 Å². The monoisotopic (exact) mass is 269 g/mol. The number of aromatic carboxylic acids is 1. The minimum Gasteiger partial charge on any atom is -0.481 e. The van der Waals surface area contributed by atoms with Gasteiger partial charge in [-0.05, 0) is 32.9 Å². The molecule has 5 nitrogen and oxygen atoms in total. The molecule has 0 saturated heterocycles. The number of carboxylic acid groups (broad SMARTS) is 1. The molecule has 104 valence electrons. The second kappa shape index (κ2) is 6.17. The van der Waals surface area contributed by atoms with Gasteiger partial charge in [0.1, 0.15) is 11.6 Å². The second-order valence-electron chi connectivity index (χ2n) is 4.40. The van der Waals surface area contributed by atoms with Crippen molar-refractivity contribution in [2.24, 2.45) is 0 Å². The van der Waals surface area contributed by atoms with Gasteiger partial charge in [-0.1, -0.05) is 0 Å². The van der Waals surface area contributed by atoms with Crippen LogP contribution in [-0.4, -0.2) is 29.1 Å². The summed E-state index contributed by atoms with van der Waals surface area (Å²) in [6.45, 7) is 5.10. The van der Waals surface area contributed by atoms with Crippen LogP contribution in [-0.2, 0) is 4.79 Å². The maximum Gasteiger partial charge on any atom is 0.335 e. The Morgan fingerprint density at radius 3 is 2.42 bits per heavy atom. The Hall–Kier alpha value is -2.11. The molecule has 6 heteroatoms. The summed E-state index contributed by atoms with van der Waals surface area (Å²) in [4.78, 5) is 22.4. The van der Waals surface area contributed by atoms with Gasteiger partial charge in [0.15, 0.2) is 6.10 Å². The van der Waals surface area contributed by atoms with Crippen LogP contribution in [0.15, 0.2) is 18.2 Å². The zero-order chi connectivity index (χ0) is 14.6. The Labute approximate surface area is 110 Å². The van der Waals surface area contributed by atoms with Crippen molar-refractivity contribution < 1.29 is 23.8 Å². The molecule has 0 aliphatic rings. The normalized spacial score (nSPS) is 12.1. The molecule has 19 heavy (non-hydrogen) atoms. The molecular formula is C13H16FNO4. The van der Waals surface area contributed by atoms with Crippen LogP contribution in [0.25, 0.3) is 0 Å². The van der Waals surface area contributed by atoms with Gasteiger partial charge in [0.25, 0.3) is 5.91 Å². The lowest BCUT2D eigenvalue weighted by molar-refractivity contribution is -0.127. The summed E-state index contributed by atoms with van der Waals surface area (Å²) in [7, 11) is 0. The standard InChI is InChI=1S/C13H16FNO4/c1-7(2)15-12(16)8(3)19-11-5-9(13(17)18)4-10(14)6-11/h4-8H,1-3H3,(H,15,16)(H,17,18). The van der Waals surface area contributed by atoms with Crippen LogP contribution in [0.4, 0.5) is 4.39 Å². The molecular weight excluding hydrogens is 253 g/mol. The van der Waals surface area contributed by atoms with Gasteiger partial charge in [-0.2, -0.15) is 0 Å². The number of carbonyl (C=O) groups excluding carboxylic acids is 1. The number of nitrogens with one attached hydrogen (secondary N) is 1. The number of ether oxygens (including phenoxy) is 1. The number of halogens is 1. The molecule has 0 aliphatic heterocycles. The lowest BCUT2D eigenvalue weighted by Crippen LogP contribution is -2.40. The first-order chi connectivity index (χ1) is 8.79. The van der Waals surface area contributed by atoms with Gasteiger partial charge < -0.3 is 15.2 Å². The highest BCUT2D eigenvalue weighted by Crippen LogP contribution is 2.18. The van der Waals surface area contributed by atoms with E-state index in [9.17, 15) is 14.0 Å². The van der Waals surface area contributed by atoms with Gasteiger partial charge in [-0.15, -0.1) is 0 Å². The third-order valence-electron chi connectivity index (χ3n) is 2.23. The molecule has 1 aromatic carbocycles. The summed E-state index contributed by atoms with van der Waals surface area (Å²) in [5, 5.41) is 11.4. The van der Waals surface area contributed by atoms with Crippen molar-refractivity contribution in [3.8, 4) is 5.75 Å². The average molecular weight is 269 g/mol. The van der Waals surface area contributed by atoms with Crippen molar-refractivity contribution in [1.29, 1.82) is 0 Å². The maximum absolute atomic E-state index is 13.2. The van der Waals surface area contributed by atoms with Crippen LogP contribution in [0, 0.1) is 5.82 Å². The molecule has 1 aromatic rings. The molecule has 1 unspecified atom stereocenters. The fourth-order valence-electron chi connectivity index (χ4n) is 1.41. The minimum absolute atomic E-state index is 0.00352. The summed E-state index contributed by atoms with van der Waals surface area (Å²) >= 11 is 0. The number of rotatable bonds is 5. The van der Waals surface area contributed by atoms with Crippen LogP contribution in [0.1, 0.15) is 31.1 Å². The highest BCUT2D eigenvalue weighted by Gasteiger charge is 2.16. The number of hydrogen-bond donors (Lipinski definition) is 2. The average Bonchev–Trinajstić information content (AvgIpc) is 2.26. The van der Waals surface area contributed by atoms with Gasteiger partial charge in [-0.3, -0.25) is 4.79 Å². The molecule has 0 bridgehead atoms. The quantitative estimate of drug-likeness (QED) is 0.854. The summed E-state index contributed by atoms with van der Waals surface area (Å²) in [5.41, 5.74) is -0.230. The third-order valence-corrected chi connectivity index (χ3v) is 2.23. The van der Waals surface area contributed by atoms with E-state index in [1.165, 1.54) is 13.0 Å². The summed E-state index contributed by atoms with van der Waals surface area (Å²) < 4.78 is 18.4. The first-order valence-electron chi connectivity index (χ1n) is 5.80. The second-order valence-corrected chi connectivity index (χ2v) is 4.40. The topological polar surface area (TPSA) is 75.6 Å². The van der Waals surface area contributed by atoms with Gasteiger partial charge in [-0.25, -0.2) is 9.18 Å². The highest BCUT2D eigenvalue weighted by atomic mass is 19.1. The number of hydrogen-bond acceptors (Lipinski definition) is 3. The summed E-state index contributed by atoms with van der Waals surface area (Å²) in [6.07, 6.45) is -0.842. The Morgan fingerprint density at radius 1 is 1.26 bits per heavy atom. The smallest absolute Gasteiger partial charge is 0.335 e. The summed E-state index contributed by atoms with van der Waals surface area (Å²) in [6, 6.07) is 3.05. The van der Waals surface area contributed by atoms with Crippen molar-refractivity contribution in [3.05, 3.63) is 29.6 Å². The predicted octanol–water partition coefficient (Wildman–Crippen LogP) is 1.82. The Kier molecular flexibility index (Phi) is 4.86.